The largest absolute Gasteiger partial charge is 0.465 e. The van der Waals surface area contributed by atoms with Crippen LogP contribution in [0.3, 0.4) is 0 Å². The van der Waals surface area contributed by atoms with E-state index < -0.39 is 22.8 Å². The van der Waals surface area contributed by atoms with Gasteiger partial charge in [0.2, 0.25) is 0 Å². The molecule has 0 radical (unpaired) electrons. The lowest BCUT2D eigenvalue weighted by molar-refractivity contribution is -0.385. The standard InChI is InChI=1S/C17H16N2O7S/c1-4-26-17(22)13-9(2)12(16(21)25-3)15(27-13)18-14(20)10-7-5-6-8-11(10)19(23)24/h5-8H,4H2,1-3H3,(H,18,20). The molecule has 27 heavy (non-hydrogen) atoms. The predicted molar refractivity (Wildman–Crippen MR) is 97.4 cm³/mol. The molecule has 0 aliphatic rings. The molecule has 1 heterocycles. The molecule has 2 rings (SSSR count). The number of nitrogens with zero attached hydrogens (tertiary/aromatic N) is 1. The van der Waals surface area contributed by atoms with E-state index in [1.165, 1.54) is 31.2 Å². The van der Waals surface area contributed by atoms with Gasteiger partial charge in [-0.25, -0.2) is 9.59 Å². The Balaban J connectivity index is 2.48. The molecule has 1 aromatic carbocycles. The molecule has 1 aromatic heterocycles. The number of hydrogen-bond donors (Lipinski definition) is 1. The van der Waals surface area contributed by atoms with Crippen LogP contribution in [0.1, 0.15) is 42.9 Å². The molecule has 0 aliphatic carbocycles. The fraction of sp³-hybridized carbons (Fsp3) is 0.235. The number of rotatable bonds is 6. The zero-order valence-corrected chi connectivity index (χ0v) is 15.5. The van der Waals surface area contributed by atoms with Crippen molar-refractivity contribution in [3.63, 3.8) is 0 Å². The van der Waals surface area contributed by atoms with Gasteiger partial charge >= 0.3 is 11.9 Å². The molecule has 0 unspecified atom stereocenters. The number of esters is 2. The van der Waals surface area contributed by atoms with Gasteiger partial charge in [-0.2, -0.15) is 0 Å². The highest BCUT2D eigenvalue weighted by atomic mass is 32.1. The van der Waals surface area contributed by atoms with Crippen molar-refractivity contribution in [3.05, 3.63) is 55.9 Å². The summed E-state index contributed by atoms with van der Waals surface area (Å²) in [5.74, 6) is -2.18. The predicted octanol–water partition coefficient (Wildman–Crippen LogP) is 3.18. The molecule has 2 aromatic rings. The summed E-state index contributed by atoms with van der Waals surface area (Å²) in [5.41, 5.74) is -0.267. The Bertz CT molecular complexity index is 920. The number of hydrogen-bond acceptors (Lipinski definition) is 8. The number of para-hydroxylation sites is 1. The summed E-state index contributed by atoms with van der Waals surface area (Å²) in [6.45, 7) is 3.30. The van der Waals surface area contributed by atoms with Crippen molar-refractivity contribution < 1.29 is 28.8 Å². The third-order valence-electron chi connectivity index (χ3n) is 3.57. The highest BCUT2D eigenvalue weighted by Gasteiger charge is 2.28. The number of thiophene rings is 1. The smallest absolute Gasteiger partial charge is 0.348 e. The van der Waals surface area contributed by atoms with Crippen LogP contribution in [0.5, 0.6) is 0 Å². The van der Waals surface area contributed by atoms with Gasteiger partial charge in [-0.3, -0.25) is 14.9 Å². The molecule has 0 atom stereocenters. The number of nitro groups is 1. The molecule has 142 valence electrons. The van der Waals surface area contributed by atoms with Gasteiger partial charge < -0.3 is 14.8 Å². The molecule has 10 heteroatoms. The summed E-state index contributed by atoms with van der Waals surface area (Å²) < 4.78 is 9.66. The van der Waals surface area contributed by atoms with Crippen molar-refractivity contribution in [2.75, 3.05) is 19.0 Å². The average Bonchev–Trinajstić information content (AvgIpc) is 2.97. The summed E-state index contributed by atoms with van der Waals surface area (Å²) in [5, 5.41) is 13.6. The Morgan fingerprint density at radius 2 is 1.89 bits per heavy atom. The minimum absolute atomic E-state index is 0.00233. The SMILES string of the molecule is CCOC(=O)c1sc(NC(=O)c2ccccc2[N+](=O)[O-])c(C(=O)OC)c1C. The van der Waals surface area contributed by atoms with Crippen molar-refractivity contribution in [2.45, 2.75) is 13.8 Å². The van der Waals surface area contributed by atoms with Gasteiger partial charge in [0.25, 0.3) is 11.6 Å². The maximum atomic E-state index is 12.5. The minimum Gasteiger partial charge on any atom is -0.465 e. The Kier molecular flexibility index (Phi) is 6.24. The van der Waals surface area contributed by atoms with E-state index in [-0.39, 0.29) is 33.3 Å². The van der Waals surface area contributed by atoms with Crippen LogP contribution >= 0.6 is 11.3 Å². The molecule has 0 saturated carbocycles. The Hall–Kier alpha value is -3.27. The van der Waals surface area contributed by atoms with Crippen molar-refractivity contribution >= 4 is 39.9 Å². The van der Waals surface area contributed by atoms with Crippen LogP contribution < -0.4 is 5.32 Å². The fourth-order valence-corrected chi connectivity index (χ4v) is 3.42. The maximum absolute atomic E-state index is 12.5. The van der Waals surface area contributed by atoms with Crippen LogP contribution in [0, 0.1) is 17.0 Å². The lowest BCUT2D eigenvalue weighted by Gasteiger charge is -2.06. The molecule has 0 spiro atoms. The van der Waals surface area contributed by atoms with Crippen LogP contribution in [-0.2, 0) is 9.47 Å². The van der Waals surface area contributed by atoms with Gasteiger partial charge in [0.15, 0.2) is 0 Å². The van der Waals surface area contributed by atoms with Gasteiger partial charge in [0.05, 0.1) is 24.2 Å². The molecule has 1 N–H and O–H groups in total. The molecule has 0 bridgehead atoms. The summed E-state index contributed by atoms with van der Waals surface area (Å²) >= 11 is 0.838. The third kappa shape index (κ3) is 4.11. The molecule has 0 fully saturated rings. The maximum Gasteiger partial charge on any atom is 0.348 e. The normalized spacial score (nSPS) is 10.2. The van der Waals surface area contributed by atoms with E-state index in [2.05, 4.69) is 5.32 Å². The van der Waals surface area contributed by atoms with Crippen LogP contribution in [0.25, 0.3) is 0 Å². The van der Waals surface area contributed by atoms with E-state index in [0.29, 0.717) is 5.56 Å². The van der Waals surface area contributed by atoms with Crippen LogP contribution in [0.4, 0.5) is 10.7 Å². The Morgan fingerprint density at radius 1 is 1.22 bits per heavy atom. The van der Waals surface area contributed by atoms with Crippen LogP contribution in [0.2, 0.25) is 0 Å². The monoisotopic (exact) mass is 392 g/mol. The van der Waals surface area contributed by atoms with Crippen molar-refractivity contribution in [3.8, 4) is 0 Å². The number of nitro benzene ring substituents is 1. The minimum atomic E-state index is -0.788. The Morgan fingerprint density at radius 3 is 2.48 bits per heavy atom. The van der Waals surface area contributed by atoms with Crippen molar-refractivity contribution in [2.24, 2.45) is 0 Å². The molecule has 1 amide bonds. The van der Waals surface area contributed by atoms with Gasteiger partial charge in [-0.05, 0) is 25.5 Å². The topological polar surface area (TPSA) is 125 Å². The first-order chi connectivity index (χ1) is 12.8. The summed E-state index contributed by atoms with van der Waals surface area (Å²) in [7, 11) is 1.16. The molecule has 0 aliphatic heterocycles. The zero-order valence-electron chi connectivity index (χ0n) is 14.7. The number of anilines is 1. The number of ether oxygens (including phenoxy) is 2. The number of carbonyl (C=O) groups is 3. The van der Waals surface area contributed by atoms with E-state index in [9.17, 15) is 24.5 Å². The molecule has 0 saturated heterocycles. The fourth-order valence-electron chi connectivity index (χ4n) is 2.34. The number of benzene rings is 1. The second kappa shape index (κ2) is 8.41. The van der Waals surface area contributed by atoms with E-state index in [0.717, 1.165) is 18.4 Å². The summed E-state index contributed by atoms with van der Waals surface area (Å²) in [4.78, 5) is 47.3. The number of methoxy groups -OCH3 is 1. The zero-order chi connectivity index (χ0) is 20.1. The number of nitrogens with one attached hydrogen (secondary N) is 1. The van der Waals surface area contributed by atoms with E-state index in [1.807, 2.05) is 0 Å². The van der Waals surface area contributed by atoms with Crippen molar-refractivity contribution in [1.29, 1.82) is 0 Å². The second-order valence-electron chi connectivity index (χ2n) is 5.20. The van der Waals surface area contributed by atoms with Gasteiger partial charge in [-0.15, -0.1) is 11.3 Å². The van der Waals surface area contributed by atoms with E-state index in [1.54, 1.807) is 6.92 Å². The first kappa shape index (κ1) is 20.0. The van der Waals surface area contributed by atoms with Crippen molar-refractivity contribution in [1.82, 2.24) is 0 Å². The number of carbonyl (C=O) groups excluding carboxylic acids is 3. The summed E-state index contributed by atoms with van der Waals surface area (Å²) in [6, 6.07) is 5.40. The highest BCUT2D eigenvalue weighted by Crippen LogP contribution is 2.35. The van der Waals surface area contributed by atoms with Gasteiger partial charge in [-0.1, -0.05) is 12.1 Å². The third-order valence-corrected chi connectivity index (χ3v) is 4.76. The highest BCUT2D eigenvalue weighted by molar-refractivity contribution is 7.18. The van der Waals surface area contributed by atoms with Crippen LogP contribution in [-0.4, -0.2) is 36.5 Å². The summed E-state index contributed by atoms with van der Waals surface area (Å²) in [6.07, 6.45) is 0. The van der Waals surface area contributed by atoms with Gasteiger partial charge in [0, 0.05) is 6.07 Å². The van der Waals surface area contributed by atoms with E-state index >= 15 is 0 Å². The van der Waals surface area contributed by atoms with Crippen LogP contribution in [0.15, 0.2) is 24.3 Å². The first-order valence-electron chi connectivity index (χ1n) is 7.75. The average molecular weight is 392 g/mol. The molecular formula is C17H16N2O7S. The second-order valence-corrected chi connectivity index (χ2v) is 6.22. The molecule has 9 nitrogen and oxygen atoms in total. The molecular weight excluding hydrogens is 376 g/mol. The first-order valence-corrected chi connectivity index (χ1v) is 8.57. The quantitative estimate of drug-likeness (QED) is 0.455. The lowest BCUT2D eigenvalue weighted by atomic mass is 10.1. The van der Waals surface area contributed by atoms with Gasteiger partial charge in [0.1, 0.15) is 15.4 Å². The number of amides is 1. The van der Waals surface area contributed by atoms with E-state index in [4.69, 9.17) is 9.47 Å². The Labute approximate surface area is 158 Å². The lowest BCUT2D eigenvalue weighted by Crippen LogP contribution is -2.15.